The highest BCUT2D eigenvalue weighted by molar-refractivity contribution is 5.48. The summed E-state index contributed by atoms with van der Waals surface area (Å²) in [7, 11) is 4.02. The number of anilines is 2. The minimum absolute atomic E-state index is 0.519. The molecule has 3 rings (SSSR count). The van der Waals surface area contributed by atoms with Gasteiger partial charge >= 0.3 is 0 Å². The van der Waals surface area contributed by atoms with Crippen LogP contribution in [0.1, 0.15) is 25.0 Å². The maximum absolute atomic E-state index is 4.48. The summed E-state index contributed by atoms with van der Waals surface area (Å²) in [4.78, 5) is 13.5. The largest absolute Gasteiger partial charge is 0.381 e. The first-order valence-electron chi connectivity index (χ1n) is 8.73. The van der Waals surface area contributed by atoms with Gasteiger partial charge in [0.15, 0.2) is 0 Å². The molecule has 0 spiro atoms. The summed E-state index contributed by atoms with van der Waals surface area (Å²) >= 11 is 0. The molecule has 5 nitrogen and oxygen atoms in total. The van der Waals surface area contributed by atoms with Crippen molar-refractivity contribution in [3.05, 3.63) is 48.4 Å². The molecule has 24 heavy (non-hydrogen) atoms. The summed E-state index contributed by atoms with van der Waals surface area (Å²) in [6.07, 6.45) is 7.39. The van der Waals surface area contributed by atoms with Crippen molar-refractivity contribution in [2.75, 3.05) is 37.4 Å². The molecule has 128 valence electrons. The predicted octanol–water partition coefficient (Wildman–Crippen LogP) is 3.01. The Hall–Kier alpha value is -2.14. The molecule has 0 bridgehead atoms. The summed E-state index contributed by atoms with van der Waals surface area (Å²) in [5, 5.41) is 3.65. The molecule has 5 heteroatoms. The van der Waals surface area contributed by atoms with Crippen LogP contribution in [0.2, 0.25) is 0 Å². The van der Waals surface area contributed by atoms with Crippen LogP contribution in [0.15, 0.2) is 42.7 Å². The van der Waals surface area contributed by atoms with Crippen LogP contribution in [-0.2, 0) is 6.54 Å². The van der Waals surface area contributed by atoms with E-state index >= 15 is 0 Å². The molecule has 1 fully saturated rings. The van der Waals surface area contributed by atoms with Gasteiger partial charge in [-0.05, 0) is 50.1 Å². The summed E-state index contributed by atoms with van der Waals surface area (Å²) in [5.74, 6) is 0.989. The van der Waals surface area contributed by atoms with Crippen LogP contribution in [0.5, 0.6) is 0 Å². The molecule has 0 unspecified atom stereocenters. The molecular weight excluding hydrogens is 298 g/mol. The van der Waals surface area contributed by atoms with E-state index in [1.807, 2.05) is 37.5 Å². The number of likely N-dealkylation sites (tertiary alicyclic amines) is 1. The lowest BCUT2D eigenvalue weighted by molar-refractivity contribution is 0.273. The molecule has 1 saturated heterocycles. The number of hydrogen-bond donors (Lipinski definition) is 1. The van der Waals surface area contributed by atoms with Crippen molar-refractivity contribution in [1.82, 2.24) is 14.9 Å². The standard InChI is InChI=1S/C19H27N5/c1-23(2)19-9-8-17(14-21-19)22-16-7-5-12-24(13-10-16)15-18-6-3-4-11-20-18/h3-4,6,8-9,11,14,16,22H,5,7,10,12-13,15H2,1-2H3/t16-/m0/s1. The van der Waals surface area contributed by atoms with E-state index in [0.29, 0.717) is 6.04 Å². The van der Waals surface area contributed by atoms with Crippen molar-refractivity contribution in [3.8, 4) is 0 Å². The van der Waals surface area contributed by atoms with E-state index in [0.717, 1.165) is 43.3 Å². The summed E-state index contributed by atoms with van der Waals surface area (Å²) in [6, 6.07) is 10.9. The van der Waals surface area contributed by atoms with Gasteiger partial charge in [-0.2, -0.15) is 0 Å². The maximum Gasteiger partial charge on any atom is 0.128 e. The monoisotopic (exact) mass is 325 g/mol. The second-order valence-electron chi connectivity index (χ2n) is 6.67. The van der Waals surface area contributed by atoms with Crippen LogP contribution < -0.4 is 10.2 Å². The molecular formula is C19H27N5. The van der Waals surface area contributed by atoms with Gasteiger partial charge in [-0.25, -0.2) is 4.98 Å². The van der Waals surface area contributed by atoms with Crippen molar-refractivity contribution in [1.29, 1.82) is 0 Å². The van der Waals surface area contributed by atoms with Crippen LogP contribution in [0.25, 0.3) is 0 Å². The summed E-state index contributed by atoms with van der Waals surface area (Å²) in [6.45, 7) is 3.21. The smallest absolute Gasteiger partial charge is 0.128 e. The van der Waals surface area contributed by atoms with E-state index in [1.54, 1.807) is 0 Å². The molecule has 1 atom stereocenters. The lowest BCUT2D eigenvalue weighted by Gasteiger charge is -2.20. The zero-order chi connectivity index (χ0) is 16.8. The quantitative estimate of drug-likeness (QED) is 0.915. The third-order valence-corrected chi connectivity index (χ3v) is 4.51. The Morgan fingerprint density at radius 1 is 1.12 bits per heavy atom. The first-order chi connectivity index (χ1) is 11.7. The van der Waals surface area contributed by atoms with Crippen molar-refractivity contribution >= 4 is 11.5 Å². The molecule has 0 aliphatic carbocycles. The van der Waals surface area contributed by atoms with E-state index in [1.165, 1.54) is 12.8 Å². The van der Waals surface area contributed by atoms with Gasteiger partial charge in [0.1, 0.15) is 5.82 Å². The topological polar surface area (TPSA) is 44.3 Å². The number of aromatic nitrogens is 2. The highest BCUT2D eigenvalue weighted by Gasteiger charge is 2.17. The average molecular weight is 325 g/mol. The summed E-state index contributed by atoms with van der Waals surface area (Å²) in [5.41, 5.74) is 2.27. The van der Waals surface area contributed by atoms with Crippen molar-refractivity contribution in [2.24, 2.45) is 0 Å². The number of rotatable bonds is 5. The van der Waals surface area contributed by atoms with E-state index in [2.05, 4.69) is 44.5 Å². The molecule has 0 amide bonds. The summed E-state index contributed by atoms with van der Waals surface area (Å²) < 4.78 is 0. The van der Waals surface area contributed by atoms with Crippen molar-refractivity contribution in [2.45, 2.75) is 31.8 Å². The number of nitrogens with one attached hydrogen (secondary N) is 1. The van der Waals surface area contributed by atoms with E-state index in [4.69, 9.17) is 0 Å². The van der Waals surface area contributed by atoms with E-state index < -0.39 is 0 Å². The first kappa shape index (κ1) is 16.7. The zero-order valence-electron chi connectivity index (χ0n) is 14.7. The van der Waals surface area contributed by atoms with Gasteiger partial charge in [-0.3, -0.25) is 9.88 Å². The lowest BCUT2D eigenvalue weighted by Crippen LogP contribution is -2.26. The second kappa shape index (κ2) is 8.11. The fraction of sp³-hybridized carbons (Fsp3) is 0.474. The Morgan fingerprint density at radius 2 is 2.04 bits per heavy atom. The Kier molecular flexibility index (Phi) is 5.64. The van der Waals surface area contributed by atoms with Crippen LogP contribution in [-0.4, -0.2) is 48.1 Å². The number of nitrogens with zero attached hydrogens (tertiary/aromatic N) is 4. The Morgan fingerprint density at radius 3 is 2.75 bits per heavy atom. The SMILES string of the molecule is CN(C)c1ccc(N[C@H]2CCCN(Cc3ccccn3)CC2)cn1. The highest BCUT2D eigenvalue weighted by atomic mass is 15.1. The number of pyridine rings is 2. The number of hydrogen-bond acceptors (Lipinski definition) is 5. The Balaban J connectivity index is 1.52. The lowest BCUT2D eigenvalue weighted by atomic mass is 10.1. The van der Waals surface area contributed by atoms with Crippen LogP contribution in [0, 0.1) is 0 Å². The molecule has 0 radical (unpaired) electrons. The Labute approximate surface area is 144 Å². The molecule has 1 aliphatic rings. The minimum Gasteiger partial charge on any atom is -0.381 e. The fourth-order valence-corrected chi connectivity index (χ4v) is 3.15. The van der Waals surface area contributed by atoms with Gasteiger partial charge in [0.05, 0.1) is 17.6 Å². The fourth-order valence-electron chi connectivity index (χ4n) is 3.15. The molecule has 2 aromatic rings. The molecule has 1 N–H and O–H groups in total. The van der Waals surface area contributed by atoms with E-state index in [9.17, 15) is 0 Å². The van der Waals surface area contributed by atoms with Gasteiger partial charge in [-0.1, -0.05) is 6.07 Å². The third kappa shape index (κ3) is 4.68. The van der Waals surface area contributed by atoms with Gasteiger partial charge in [0, 0.05) is 39.4 Å². The molecule has 1 aliphatic heterocycles. The Bertz CT molecular complexity index is 611. The second-order valence-corrected chi connectivity index (χ2v) is 6.67. The average Bonchev–Trinajstić information content (AvgIpc) is 2.82. The predicted molar refractivity (Wildman–Crippen MR) is 99.3 cm³/mol. The maximum atomic E-state index is 4.48. The van der Waals surface area contributed by atoms with Crippen molar-refractivity contribution in [3.63, 3.8) is 0 Å². The van der Waals surface area contributed by atoms with E-state index in [-0.39, 0.29) is 0 Å². The highest BCUT2D eigenvalue weighted by Crippen LogP contribution is 2.19. The molecule has 3 heterocycles. The van der Waals surface area contributed by atoms with Gasteiger partial charge in [-0.15, -0.1) is 0 Å². The molecule has 0 aromatic carbocycles. The van der Waals surface area contributed by atoms with Gasteiger partial charge in [0.25, 0.3) is 0 Å². The van der Waals surface area contributed by atoms with Crippen molar-refractivity contribution < 1.29 is 0 Å². The van der Waals surface area contributed by atoms with Gasteiger partial charge < -0.3 is 10.2 Å². The third-order valence-electron chi connectivity index (χ3n) is 4.51. The molecule has 0 saturated carbocycles. The van der Waals surface area contributed by atoms with Crippen LogP contribution >= 0.6 is 0 Å². The minimum atomic E-state index is 0.519. The molecule has 2 aromatic heterocycles. The first-order valence-corrected chi connectivity index (χ1v) is 8.73. The normalized spacial score (nSPS) is 18.8. The van der Waals surface area contributed by atoms with Crippen LogP contribution in [0.4, 0.5) is 11.5 Å². The van der Waals surface area contributed by atoms with Crippen LogP contribution in [0.3, 0.4) is 0 Å². The van der Waals surface area contributed by atoms with Gasteiger partial charge in [0.2, 0.25) is 0 Å². The zero-order valence-corrected chi connectivity index (χ0v) is 14.7.